The van der Waals surface area contributed by atoms with Crippen LogP contribution in [0.2, 0.25) is 0 Å². The molecule has 17 heavy (non-hydrogen) atoms. The number of amides is 2. The Morgan fingerprint density at radius 1 is 1.41 bits per heavy atom. The van der Waals surface area contributed by atoms with Crippen molar-refractivity contribution in [2.75, 3.05) is 6.54 Å². The summed E-state index contributed by atoms with van der Waals surface area (Å²) in [6, 6.07) is -0.303. The van der Waals surface area contributed by atoms with Crippen LogP contribution in [0.1, 0.15) is 44.9 Å². The van der Waals surface area contributed by atoms with Crippen molar-refractivity contribution in [3.8, 4) is 0 Å². The van der Waals surface area contributed by atoms with E-state index in [2.05, 4.69) is 16.7 Å². The Morgan fingerprint density at radius 3 is 2.94 bits per heavy atom. The van der Waals surface area contributed by atoms with Crippen molar-refractivity contribution in [2.24, 2.45) is 0 Å². The lowest BCUT2D eigenvalue weighted by atomic mass is 9.97. The first-order chi connectivity index (χ1) is 8.25. The summed E-state index contributed by atoms with van der Waals surface area (Å²) in [6.45, 7) is 0.692. The van der Waals surface area contributed by atoms with Crippen molar-refractivity contribution in [1.29, 1.82) is 0 Å². The van der Waals surface area contributed by atoms with Crippen molar-refractivity contribution in [3.63, 3.8) is 0 Å². The van der Waals surface area contributed by atoms with Crippen molar-refractivity contribution in [1.82, 2.24) is 10.6 Å². The van der Waals surface area contributed by atoms with Gasteiger partial charge in [-0.25, -0.2) is 0 Å². The van der Waals surface area contributed by atoms with Crippen molar-refractivity contribution in [3.05, 3.63) is 11.6 Å². The van der Waals surface area contributed by atoms with Crippen LogP contribution in [0.4, 0.5) is 0 Å². The van der Waals surface area contributed by atoms with Crippen LogP contribution in [-0.2, 0) is 9.59 Å². The van der Waals surface area contributed by atoms with Crippen LogP contribution < -0.4 is 10.6 Å². The van der Waals surface area contributed by atoms with Gasteiger partial charge in [0.1, 0.15) is 6.04 Å². The minimum absolute atomic E-state index is 0.0138. The molecule has 0 aromatic rings. The molecule has 2 amide bonds. The Kier molecular flexibility index (Phi) is 4.18. The number of hydrogen-bond donors (Lipinski definition) is 2. The molecule has 1 unspecified atom stereocenters. The normalized spacial score (nSPS) is 24.1. The second kappa shape index (κ2) is 5.84. The lowest BCUT2D eigenvalue weighted by Gasteiger charge is -2.14. The number of hydrogen-bond acceptors (Lipinski definition) is 2. The molecular formula is C13H20N2O2. The second-order valence-electron chi connectivity index (χ2n) is 4.81. The maximum atomic E-state index is 11.7. The van der Waals surface area contributed by atoms with Crippen LogP contribution in [0, 0.1) is 0 Å². The summed E-state index contributed by atoms with van der Waals surface area (Å²) in [6.07, 6.45) is 9.29. The van der Waals surface area contributed by atoms with Crippen LogP contribution in [-0.4, -0.2) is 24.4 Å². The van der Waals surface area contributed by atoms with E-state index in [0.717, 1.165) is 6.42 Å². The van der Waals surface area contributed by atoms with Crippen LogP contribution in [0.5, 0.6) is 0 Å². The van der Waals surface area contributed by atoms with E-state index in [0.29, 0.717) is 19.4 Å². The molecule has 1 aliphatic heterocycles. The van der Waals surface area contributed by atoms with Gasteiger partial charge in [-0.05, 0) is 38.5 Å². The first-order valence-electron chi connectivity index (χ1n) is 6.50. The molecule has 1 saturated heterocycles. The predicted molar refractivity (Wildman–Crippen MR) is 65.3 cm³/mol. The van der Waals surface area contributed by atoms with E-state index in [-0.39, 0.29) is 17.9 Å². The summed E-state index contributed by atoms with van der Waals surface area (Å²) in [7, 11) is 0. The van der Waals surface area contributed by atoms with E-state index < -0.39 is 0 Å². The minimum Gasteiger partial charge on any atom is -0.354 e. The molecule has 0 spiro atoms. The van der Waals surface area contributed by atoms with Gasteiger partial charge in [0.05, 0.1) is 0 Å². The molecule has 0 aromatic heterocycles. The second-order valence-corrected chi connectivity index (χ2v) is 4.81. The Balaban J connectivity index is 1.66. The SMILES string of the molecule is O=C1CCC(C(=O)NCCC2=CCCCC2)N1. The van der Waals surface area contributed by atoms with Gasteiger partial charge in [0, 0.05) is 13.0 Å². The standard InChI is InChI=1S/C13H20N2O2/c16-12-7-6-11(15-12)13(17)14-9-8-10-4-2-1-3-5-10/h4,11H,1-3,5-9H2,(H,14,17)(H,15,16). The zero-order valence-electron chi connectivity index (χ0n) is 10.1. The summed E-state index contributed by atoms with van der Waals surface area (Å²) in [4.78, 5) is 22.7. The van der Waals surface area contributed by atoms with Crippen LogP contribution in [0.25, 0.3) is 0 Å². The Hall–Kier alpha value is -1.32. The third-order valence-corrected chi connectivity index (χ3v) is 3.44. The number of rotatable bonds is 4. The molecule has 1 fully saturated rings. The highest BCUT2D eigenvalue weighted by molar-refractivity contribution is 5.90. The number of nitrogens with one attached hydrogen (secondary N) is 2. The molecule has 2 aliphatic rings. The van der Waals surface area contributed by atoms with Crippen molar-refractivity contribution in [2.45, 2.75) is 51.0 Å². The first-order valence-corrected chi connectivity index (χ1v) is 6.50. The molecule has 0 saturated carbocycles. The van der Waals surface area contributed by atoms with Gasteiger partial charge in [0.2, 0.25) is 11.8 Å². The lowest BCUT2D eigenvalue weighted by Crippen LogP contribution is -2.41. The highest BCUT2D eigenvalue weighted by Gasteiger charge is 2.26. The van der Waals surface area contributed by atoms with Gasteiger partial charge in [0.25, 0.3) is 0 Å². The maximum Gasteiger partial charge on any atom is 0.242 e. The molecule has 2 rings (SSSR count). The zero-order valence-corrected chi connectivity index (χ0v) is 10.1. The van der Waals surface area contributed by atoms with Crippen LogP contribution in [0.15, 0.2) is 11.6 Å². The molecule has 0 aromatic carbocycles. The molecule has 0 bridgehead atoms. The average Bonchev–Trinajstić information content (AvgIpc) is 2.77. The van der Waals surface area contributed by atoms with Gasteiger partial charge >= 0.3 is 0 Å². The third-order valence-electron chi connectivity index (χ3n) is 3.44. The van der Waals surface area contributed by atoms with Gasteiger partial charge in [-0.15, -0.1) is 0 Å². The first kappa shape index (κ1) is 12.1. The molecule has 2 N–H and O–H groups in total. The maximum absolute atomic E-state index is 11.7. The quantitative estimate of drug-likeness (QED) is 0.722. The summed E-state index contributed by atoms with van der Waals surface area (Å²) in [5.41, 5.74) is 1.46. The Bertz CT molecular complexity index is 336. The summed E-state index contributed by atoms with van der Waals surface area (Å²) >= 11 is 0. The molecule has 4 nitrogen and oxygen atoms in total. The van der Waals surface area contributed by atoms with Gasteiger partial charge in [-0.1, -0.05) is 11.6 Å². The molecule has 1 atom stereocenters. The summed E-state index contributed by atoms with van der Waals surface area (Å²) in [5.74, 6) is -0.0487. The fourth-order valence-corrected chi connectivity index (χ4v) is 2.41. The summed E-state index contributed by atoms with van der Waals surface area (Å²) < 4.78 is 0. The average molecular weight is 236 g/mol. The monoisotopic (exact) mass is 236 g/mol. The number of carbonyl (C=O) groups is 2. The minimum atomic E-state index is -0.303. The summed E-state index contributed by atoms with van der Waals surface area (Å²) in [5, 5.41) is 5.57. The van der Waals surface area contributed by atoms with E-state index >= 15 is 0 Å². The Labute approximate surface area is 102 Å². The van der Waals surface area contributed by atoms with Gasteiger partial charge in [-0.2, -0.15) is 0 Å². The fraction of sp³-hybridized carbons (Fsp3) is 0.692. The van der Waals surface area contributed by atoms with E-state index in [1.165, 1.54) is 31.3 Å². The molecule has 1 aliphatic carbocycles. The molecule has 0 radical (unpaired) electrons. The van der Waals surface area contributed by atoms with Crippen LogP contribution >= 0.6 is 0 Å². The zero-order chi connectivity index (χ0) is 12.1. The lowest BCUT2D eigenvalue weighted by molar-refractivity contribution is -0.125. The highest BCUT2D eigenvalue weighted by Crippen LogP contribution is 2.19. The number of allylic oxidation sites excluding steroid dienone is 1. The van der Waals surface area contributed by atoms with Crippen molar-refractivity contribution >= 4 is 11.8 Å². The number of carbonyl (C=O) groups excluding carboxylic acids is 2. The van der Waals surface area contributed by atoms with E-state index in [9.17, 15) is 9.59 Å². The predicted octanol–water partition coefficient (Wildman–Crippen LogP) is 1.27. The van der Waals surface area contributed by atoms with E-state index in [1.54, 1.807) is 0 Å². The van der Waals surface area contributed by atoms with Gasteiger partial charge < -0.3 is 10.6 Å². The molecular weight excluding hydrogens is 216 g/mol. The Morgan fingerprint density at radius 2 is 2.29 bits per heavy atom. The molecule has 1 heterocycles. The largest absolute Gasteiger partial charge is 0.354 e. The topological polar surface area (TPSA) is 58.2 Å². The van der Waals surface area contributed by atoms with Gasteiger partial charge in [0.15, 0.2) is 0 Å². The molecule has 4 heteroatoms. The van der Waals surface area contributed by atoms with Gasteiger partial charge in [-0.3, -0.25) is 9.59 Å². The highest BCUT2D eigenvalue weighted by atomic mass is 16.2. The molecule has 94 valence electrons. The smallest absolute Gasteiger partial charge is 0.242 e. The van der Waals surface area contributed by atoms with E-state index in [1.807, 2.05) is 0 Å². The fourth-order valence-electron chi connectivity index (χ4n) is 2.41. The van der Waals surface area contributed by atoms with Crippen LogP contribution in [0.3, 0.4) is 0 Å². The van der Waals surface area contributed by atoms with E-state index in [4.69, 9.17) is 0 Å². The van der Waals surface area contributed by atoms with Crippen molar-refractivity contribution < 1.29 is 9.59 Å². The third kappa shape index (κ3) is 3.58.